The van der Waals surface area contributed by atoms with Crippen LogP contribution in [0.5, 0.6) is 0 Å². The summed E-state index contributed by atoms with van der Waals surface area (Å²) in [6.45, 7) is 4.76. The molecule has 0 radical (unpaired) electrons. The third-order valence-electron chi connectivity index (χ3n) is 3.11. The van der Waals surface area contributed by atoms with E-state index in [2.05, 4.69) is 5.32 Å². The van der Waals surface area contributed by atoms with Crippen LogP contribution in [0.25, 0.3) is 0 Å². The zero-order valence-electron chi connectivity index (χ0n) is 10.9. The Bertz CT molecular complexity index is 203. The van der Waals surface area contributed by atoms with Gasteiger partial charge in [-0.1, -0.05) is 19.3 Å². The van der Waals surface area contributed by atoms with Crippen molar-refractivity contribution in [2.24, 2.45) is 5.92 Å². The molecule has 1 rings (SSSR count). The van der Waals surface area contributed by atoms with Crippen LogP contribution in [0.15, 0.2) is 0 Å². The monoisotopic (exact) mass is 243 g/mol. The second-order valence-corrected chi connectivity index (χ2v) is 4.57. The van der Waals surface area contributed by atoms with E-state index in [1.165, 1.54) is 32.1 Å². The largest absolute Gasteiger partial charge is 0.464 e. The summed E-state index contributed by atoms with van der Waals surface area (Å²) >= 11 is 0. The van der Waals surface area contributed by atoms with E-state index in [1.807, 2.05) is 0 Å². The predicted molar refractivity (Wildman–Crippen MR) is 66.9 cm³/mol. The summed E-state index contributed by atoms with van der Waals surface area (Å²) in [5, 5.41) is 3.38. The quantitative estimate of drug-likeness (QED) is 0.521. The summed E-state index contributed by atoms with van der Waals surface area (Å²) in [5.41, 5.74) is 0. The first-order valence-electron chi connectivity index (χ1n) is 6.77. The van der Waals surface area contributed by atoms with Crippen molar-refractivity contribution >= 4 is 5.97 Å². The van der Waals surface area contributed by atoms with Crippen LogP contribution in [0.4, 0.5) is 0 Å². The maximum Gasteiger partial charge on any atom is 0.332 e. The van der Waals surface area contributed by atoms with Crippen LogP contribution >= 0.6 is 0 Å². The van der Waals surface area contributed by atoms with Crippen molar-refractivity contribution in [1.82, 2.24) is 5.32 Å². The fourth-order valence-electron chi connectivity index (χ4n) is 2.20. The fourth-order valence-corrected chi connectivity index (χ4v) is 2.20. The van der Waals surface area contributed by atoms with Crippen LogP contribution in [0.3, 0.4) is 0 Å². The molecule has 0 aliphatic heterocycles. The second-order valence-electron chi connectivity index (χ2n) is 4.57. The van der Waals surface area contributed by atoms with Crippen LogP contribution in [0, 0.1) is 5.92 Å². The Hall–Kier alpha value is -0.610. The molecular formula is C13H25NO3. The fraction of sp³-hybridized carbons (Fsp3) is 0.923. The highest BCUT2D eigenvalue weighted by molar-refractivity contribution is 5.70. The van der Waals surface area contributed by atoms with Gasteiger partial charge < -0.3 is 14.8 Å². The molecule has 1 N–H and O–H groups in total. The van der Waals surface area contributed by atoms with Gasteiger partial charge in [-0.05, 0) is 32.2 Å². The summed E-state index contributed by atoms with van der Waals surface area (Å²) in [7, 11) is 0. The zero-order chi connectivity index (χ0) is 12.3. The van der Waals surface area contributed by atoms with Gasteiger partial charge in [0, 0.05) is 6.54 Å². The molecule has 0 spiro atoms. The molecule has 1 aliphatic rings. The molecule has 0 aromatic rings. The number of nitrogens with one attached hydrogen (secondary N) is 1. The number of hydrogen-bond acceptors (Lipinski definition) is 4. The second kappa shape index (κ2) is 9.42. The van der Waals surface area contributed by atoms with Gasteiger partial charge in [0.2, 0.25) is 0 Å². The molecule has 1 fully saturated rings. The van der Waals surface area contributed by atoms with E-state index < -0.39 is 0 Å². The maximum atomic E-state index is 11.0. The third-order valence-corrected chi connectivity index (χ3v) is 3.11. The Labute approximate surface area is 104 Å². The summed E-state index contributed by atoms with van der Waals surface area (Å²) < 4.78 is 9.96. The molecule has 100 valence electrons. The molecule has 0 aromatic heterocycles. The molecule has 0 heterocycles. The average Bonchev–Trinajstić information content (AvgIpc) is 2.35. The van der Waals surface area contributed by atoms with E-state index in [1.54, 1.807) is 6.92 Å². The van der Waals surface area contributed by atoms with Gasteiger partial charge in [0.1, 0.15) is 6.61 Å². The van der Waals surface area contributed by atoms with E-state index >= 15 is 0 Å². The highest BCUT2D eigenvalue weighted by Gasteiger charge is 2.12. The topological polar surface area (TPSA) is 47.6 Å². The minimum atomic E-state index is -0.278. The normalized spacial score (nSPS) is 17.0. The molecule has 0 bridgehead atoms. The Morgan fingerprint density at radius 1 is 1.29 bits per heavy atom. The van der Waals surface area contributed by atoms with Gasteiger partial charge in [0.15, 0.2) is 0 Å². The number of hydrogen-bond donors (Lipinski definition) is 1. The zero-order valence-corrected chi connectivity index (χ0v) is 10.9. The molecule has 0 unspecified atom stereocenters. The Kier molecular flexibility index (Phi) is 8.01. The van der Waals surface area contributed by atoms with E-state index in [0.29, 0.717) is 13.2 Å². The van der Waals surface area contributed by atoms with Gasteiger partial charge in [-0.15, -0.1) is 0 Å². The van der Waals surface area contributed by atoms with Crippen molar-refractivity contribution in [2.75, 3.05) is 32.9 Å². The first-order valence-corrected chi connectivity index (χ1v) is 6.77. The number of rotatable bonds is 8. The lowest BCUT2D eigenvalue weighted by Gasteiger charge is -2.21. The SMILES string of the molecule is CCOC(=O)COCCNCC1CCCCC1. The van der Waals surface area contributed by atoms with Crippen LogP contribution < -0.4 is 5.32 Å². The smallest absolute Gasteiger partial charge is 0.332 e. The standard InChI is InChI=1S/C13H25NO3/c1-2-17-13(15)11-16-9-8-14-10-12-6-4-3-5-7-12/h12,14H,2-11H2,1H3. The Balaban J connectivity index is 1.85. The van der Waals surface area contributed by atoms with Crippen LogP contribution in [-0.4, -0.2) is 38.9 Å². The molecule has 17 heavy (non-hydrogen) atoms. The minimum Gasteiger partial charge on any atom is -0.464 e. The van der Waals surface area contributed by atoms with Crippen molar-refractivity contribution < 1.29 is 14.3 Å². The number of esters is 1. The first-order chi connectivity index (χ1) is 8.33. The van der Waals surface area contributed by atoms with Crippen molar-refractivity contribution in [1.29, 1.82) is 0 Å². The summed E-state index contributed by atoms with van der Waals surface area (Å²) in [6.07, 6.45) is 6.88. The van der Waals surface area contributed by atoms with Gasteiger partial charge in [-0.3, -0.25) is 0 Å². The molecule has 0 amide bonds. The highest BCUT2D eigenvalue weighted by Crippen LogP contribution is 2.22. The molecule has 1 aliphatic carbocycles. The molecule has 0 saturated heterocycles. The predicted octanol–water partition coefficient (Wildman–Crippen LogP) is 1.74. The molecular weight excluding hydrogens is 218 g/mol. The summed E-state index contributed by atoms with van der Waals surface area (Å²) in [5.74, 6) is 0.564. The van der Waals surface area contributed by atoms with Crippen molar-refractivity contribution in [3.8, 4) is 0 Å². The van der Waals surface area contributed by atoms with Crippen LogP contribution in [0.2, 0.25) is 0 Å². The van der Waals surface area contributed by atoms with E-state index in [-0.39, 0.29) is 12.6 Å². The first kappa shape index (κ1) is 14.5. The van der Waals surface area contributed by atoms with Gasteiger partial charge in [-0.2, -0.15) is 0 Å². The Morgan fingerprint density at radius 2 is 2.06 bits per heavy atom. The van der Waals surface area contributed by atoms with Crippen molar-refractivity contribution in [3.05, 3.63) is 0 Å². The lowest BCUT2D eigenvalue weighted by Crippen LogP contribution is -2.28. The molecule has 4 heteroatoms. The summed E-state index contributed by atoms with van der Waals surface area (Å²) in [6, 6.07) is 0. The van der Waals surface area contributed by atoms with Crippen molar-refractivity contribution in [2.45, 2.75) is 39.0 Å². The molecule has 0 aromatic carbocycles. The molecule has 1 saturated carbocycles. The lowest BCUT2D eigenvalue weighted by atomic mass is 9.89. The van der Waals surface area contributed by atoms with Gasteiger partial charge in [0.25, 0.3) is 0 Å². The number of ether oxygens (including phenoxy) is 2. The molecule has 4 nitrogen and oxygen atoms in total. The van der Waals surface area contributed by atoms with Crippen molar-refractivity contribution in [3.63, 3.8) is 0 Å². The maximum absolute atomic E-state index is 11.0. The van der Waals surface area contributed by atoms with Gasteiger partial charge in [-0.25, -0.2) is 4.79 Å². The van der Waals surface area contributed by atoms with Gasteiger partial charge in [0.05, 0.1) is 13.2 Å². The Morgan fingerprint density at radius 3 is 2.76 bits per heavy atom. The van der Waals surface area contributed by atoms with Gasteiger partial charge >= 0.3 is 5.97 Å². The summed E-state index contributed by atoms with van der Waals surface area (Å²) in [4.78, 5) is 11.0. The third kappa shape index (κ3) is 7.34. The highest BCUT2D eigenvalue weighted by atomic mass is 16.6. The van der Waals surface area contributed by atoms with E-state index in [9.17, 15) is 4.79 Å². The number of carbonyl (C=O) groups excluding carboxylic acids is 1. The van der Waals surface area contributed by atoms with E-state index in [4.69, 9.17) is 9.47 Å². The lowest BCUT2D eigenvalue weighted by molar-refractivity contribution is -0.148. The van der Waals surface area contributed by atoms with Crippen LogP contribution in [-0.2, 0) is 14.3 Å². The van der Waals surface area contributed by atoms with Crippen LogP contribution in [0.1, 0.15) is 39.0 Å². The average molecular weight is 243 g/mol. The number of carbonyl (C=O) groups is 1. The van der Waals surface area contributed by atoms with E-state index in [0.717, 1.165) is 19.0 Å². The molecule has 0 atom stereocenters. The minimum absolute atomic E-state index is 0.0684.